The van der Waals surface area contributed by atoms with Crippen LogP contribution in [0.3, 0.4) is 0 Å². The first-order chi connectivity index (χ1) is 12.1. The second-order valence-corrected chi connectivity index (χ2v) is 5.95. The molecule has 0 spiro atoms. The van der Waals surface area contributed by atoms with E-state index in [0.29, 0.717) is 50.8 Å². The Morgan fingerprint density at radius 1 is 1.28 bits per heavy atom. The molecular weight excluding hydrogens is 327 g/mol. The lowest BCUT2D eigenvalue weighted by atomic mass is 10.1. The fourth-order valence-corrected chi connectivity index (χ4v) is 2.72. The molecule has 0 radical (unpaired) electrons. The van der Waals surface area contributed by atoms with E-state index in [1.807, 2.05) is 6.92 Å². The lowest BCUT2D eigenvalue weighted by Gasteiger charge is -2.33. The first-order valence-corrected chi connectivity index (χ1v) is 8.29. The van der Waals surface area contributed by atoms with Gasteiger partial charge in [0.05, 0.1) is 18.7 Å². The molecule has 0 N–H and O–H groups in total. The van der Waals surface area contributed by atoms with Crippen LogP contribution >= 0.6 is 0 Å². The summed E-state index contributed by atoms with van der Waals surface area (Å²) < 4.78 is 24.5. The molecule has 0 unspecified atom stereocenters. The van der Waals surface area contributed by atoms with Crippen LogP contribution in [-0.2, 0) is 11.3 Å². The van der Waals surface area contributed by atoms with E-state index in [0.717, 1.165) is 5.56 Å². The van der Waals surface area contributed by atoms with E-state index in [9.17, 15) is 9.18 Å². The average Bonchev–Trinajstić information content (AvgIpc) is 3.06. The van der Waals surface area contributed by atoms with Crippen molar-refractivity contribution in [1.29, 1.82) is 0 Å². The molecule has 0 aliphatic carbocycles. The van der Waals surface area contributed by atoms with Crippen LogP contribution in [0.5, 0.6) is 0 Å². The number of halogens is 1. The Morgan fingerprint density at radius 2 is 2.04 bits per heavy atom. The summed E-state index contributed by atoms with van der Waals surface area (Å²) in [5.41, 5.74) is 1.23. The van der Waals surface area contributed by atoms with Crippen molar-refractivity contribution in [2.45, 2.75) is 20.4 Å². The van der Waals surface area contributed by atoms with E-state index in [1.165, 1.54) is 6.07 Å². The Balaban J connectivity index is 1.59. The van der Waals surface area contributed by atoms with Crippen molar-refractivity contribution < 1.29 is 18.3 Å². The van der Waals surface area contributed by atoms with Crippen molar-refractivity contribution in [3.05, 3.63) is 35.5 Å². The quantitative estimate of drug-likeness (QED) is 0.845. The van der Waals surface area contributed by atoms with E-state index >= 15 is 0 Å². The molecular formula is C17H21FN4O3. The minimum atomic E-state index is -0.385. The number of aromatic nitrogens is 2. The van der Waals surface area contributed by atoms with E-state index in [2.05, 4.69) is 15.1 Å². The number of hydrogen-bond acceptors (Lipinski definition) is 6. The zero-order valence-corrected chi connectivity index (χ0v) is 14.4. The van der Waals surface area contributed by atoms with Gasteiger partial charge < -0.3 is 14.1 Å². The summed E-state index contributed by atoms with van der Waals surface area (Å²) in [6, 6.07) is 4.77. The average molecular weight is 348 g/mol. The Morgan fingerprint density at radius 3 is 2.76 bits per heavy atom. The van der Waals surface area contributed by atoms with Crippen molar-refractivity contribution in [2.24, 2.45) is 0 Å². The third-order valence-electron chi connectivity index (χ3n) is 4.08. The van der Waals surface area contributed by atoms with E-state index < -0.39 is 0 Å². The van der Waals surface area contributed by atoms with Crippen LogP contribution in [0.1, 0.15) is 18.4 Å². The van der Waals surface area contributed by atoms with Crippen LogP contribution in [0.4, 0.5) is 9.18 Å². The topological polar surface area (TPSA) is 71.7 Å². The largest absolute Gasteiger partial charge is 0.450 e. The van der Waals surface area contributed by atoms with Gasteiger partial charge in [-0.3, -0.25) is 4.90 Å². The van der Waals surface area contributed by atoms with Crippen LogP contribution in [0.2, 0.25) is 0 Å². The zero-order chi connectivity index (χ0) is 17.8. The van der Waals surface area contributed by atoms with Gasteiger partial charge in [-0.15, -0.1) is 10.2 Å². The minimum absolute atomic E-state index is 0.182. The van der Waals surface area contributed by atoms with Gasteiger partial charge in [-0.25, -0.2) is 9.18 Å². The summed E-state index contributed by atoms with van der Waals surface area (Å²) >= 11 is 0. The molecule has 2 aromatic rings. The van der Waals surface area contributed by atoms with Gasteiger partial charge in [0, 0.05) is 26.2 Å². The Kier molecular flexibility index (Phi) is 5.28. The molecule has 2 heterocycles. The van der Waals surface area contributed by atoms with Crippen molar-refractivity contribution >= 4 is 6.09 Å². The first kappa shape index (κ1) is 17.3. The predicted molar refractivity (Wildman–Crippen MR) is 88.3 cm³/mol. The number of hydrogen-bond donors (Lipinski definition) is 0. The van der Waals surface area contributed by atoms with Gasteiger partial charge in [-0.1, -0.05) is 11.6 Å². The molecule has 8 heteroatoms. The van der Waals surface area contributed by atoms with Gasteiger partial charge in [0.1, 0.15) is 5.82 Å². The van der Waals surface area contributed by atoms with Gasteiger partial charge in [-0.05, 0) is 26.0 Å². The van der Waals surface area contributed by atoms with Crippen molar-refractivity contribution in [3.63, 3.8) is 0 Å². The number of nitrogens with zero attached hydrogens (tertiary/aromatic N) is 4. The summed E-state index contributed by atoms with van der Waals surface area (Å²) in [5, 5.41) is 7.96. The maximum atomic E-state index is 13.9. The molecule has 1 saturated heterocycles. The zero-order valence-electron chi connectivity index (χ0n) is 14.4. The smallest absolute Gasteiger partial charge is 0.409 e. The fourth-order valence-electron chi connectivity index (χ4n) is 2.72. The second-order valence-electron chi connectivity index (χ2n) is 5.95. The lowest BCUT2D eigenvalue weighted by Crippen LogP contribution is -2.48. The van der Waals surface area contributed by atoms with E-state index in [1.54, 1.807) is 24.0 Å². The van der Waals surface area contributed by atoms with Gasteiger partial charge in [0.2, 0.25) is 5.89 Å². The molecule has 0 atom stereocenters. The number of benzene rings is 1. The Labute approximate surface area is 145 Å². The number of piperazine rings is 1. The second kappa shape index (κ2) is 7.60. The molecule has 3 rings (SSSR count). The SMILES string of the molecule is CCOC(=O)N1CCN(Cc2nnc(-c3cc(C)ccc3F)o2)CC1. The van der Waals surface area contributed by atoms with Crippen molar-refractivity contribution in [3.8, 4) is 11.5 Å². The minimum Gasteiger partial charge on any atom is -0.450 e. The number of carbonyl (C=O) groups is 1. The molecule has 0 bridgehead atoms. The summed E-state index contributed by atoms with van der Waals surface area (Å²) in [7, 11) is 0. The van der Waals surface area contributed by atoms with Crippen molar-refractivity contribution in [1.82, 2.24) is 20.0 Å². The molecule has 25 heavy (non-hydrogen) atoms. The van der Waals surface area contributed by atoms with Crippen LogP contribution < -0.4 is 0 Å². The molecule has 0 saturated carbocycles. The molecule has 7 nitrogen and oxygen atoms in total. The first-order valence-electron chi connectivity index (χ1n) is 8.29. The molecule has 134 valence electrons. The molecule has 1 fully saturated rings. The summed E-state index contributed by atoms with van der Waals surface area (Å²) in [5.74, 6) is 0.228. The number of amides is 1. The Hall–Kier alpha value is -2.48. The molecule has 1 aromatic heterocycles. The highest BCUT2D eigenvalue weighted by atomic mass is 19.1. The van der Waals surface area contributed by atoms with Gasteiger partial charge in [0.15, 0.2) is 0 Å². The molecule has 1 aromatic carbocycles. The normalized spacial score (nSPS) is 15.4. The number of ether oxygens (including phenoxy) is 1. The lowest BCUT2D eigenvalue weighted by molar-refractivity contribution is 0.0756. The number of rotatable bonds is 4. The third kappa shape index (κ3) is 4.14. The van der Waals surface area contributed by atoms with E-state index in [-0.39, 0.29) is 17.8 Å². The van der Waals surface area contributed by atoms with Crippen LogP contribution in [0.15, 0.2) is 22.6 Å². The number of carbonyl (C=O) groups excluding carboxylic acids is 1. The molecule has 1 aliphatic heterocycles. The highest BCUT2D eigenvalue weighted by molar-refractivity contribution is 5.67. The van der Waals surface area contributed by atoms with Crippen LogP contribution in [0.25, 0.3) is 11.5 Å². The maximum Gasteiger partial charge on any atom is 0.409 e. The highest BCUT2D eigenvalue weighted by Crippen LogP contribution is 2.23. The Bertz CT molecular complexity index is 741. The van der Waals surface area contributed by atoms with Gasteiger partial charge >= 0.3 is 6.09 Å². The summed E-state index contributed by atoms with van der Waals surface area (Å²) in [6.07, 6.45) is -0.280. The molecule has 1 amide bonds. The van der Waals surface area contributed by atoms with Gasteiger partial charge in [0.25, 0.3) is 5.89 Å². The van der Waals surface area contributed by atoms with Crippen LogP contribution in [-0.4, -0.2) is 58.9 Å². The fraction of sp³-hybridized carbons (Fsp3) is 0.471. The maximum absolute atomic E-state index is 13.9. The third-order valence-corrected chi connectivity index (χ3v) is 4.08. The van der Waals surface area contributed by atoms with Crippen molar-refractivity contribution in [2.75, 3.05) is 32.8 Å². The van der Waals surface area contributed by atoms with E-state index in [4.69, 9.17) is 9.15 Å². The number of aryl methyl sites for hydroxylation is 1. The van der Waals surface area contributed by atoms with Gasteiger partial charge in [-0.2, -0.15) is 0 Å². The summed E-state index contributed by atoms with van der Waals surface area (Å²) in [6.45, 7) is 7.07. The summed E-state index contributed by atoms with van der Waals surface area (Å²) in [4.78, 5) is 15.5. The molecule has 1 aliphatic rings. The highest BCUT2D eigenvalue weighted by Gasteiger charge is 2.23. The van der Waals surface area contributed by atoms with Crippen LogP contribution in [0, 0.1) is 12.7 Å². The standard InChI is InChI=1S/C17H21FN4O3/c1-3-24-17(23)22-8-6-21(7-9-22)11-15-19-20-16(25-15)13-10-12(2)4-5-14(13)18/h4-5,10H,3,6-9,11H2,1-2H3. The predicted octanol–water partition coefficient (Wildman–Crippen LogP) is 2.46. The monoisotopic (exact) mass is 348 g/mol.